The number of hydrogen-bond donors (Lipinski definition) is 0. The Kier molecular flexibility index (Phi) is 6.11. The van der Waals surface area contributed by atoms with Gasteiger partial charge in [0.15, 0.2) is 0 Å². The third-order valence-corrected chi connectivity index (χ3v) is 5.52. The molecule has 0 aliphatic heterocycles. The molecule has 0 saturated carbocycles. The Labute approximate surface area is 179 Å². The normalized spacial score (nSPS) is 11.0. The van der Waals surface area contributed by atoms with Gasteiger partial charge in [-0.05, 0) is 42.8 Å². The first kappa shape index (κ1) is 19.7. The van der Waals surface area contributed by atoms with Crippen LogP contribution in [0.15, 0.2) is 107 Å². The molecule has 4 aromatic rings. The summed E-state index contributed by atoms with van der Waals surface area (Å²) < 4.78 is 7.48. The molecule has 0 bridgehead atoms. The van der Waals surface area contributed by atoms with E-state index in [0.717, 1.165) is 26.7 Å². The fourth-order valence-electron chi connectivity index (χ4n) is 2.91. The van der Waals surface area contributed by atoms with E-state index < -0.39 is 5.97 Å². The van der Waals surface area contributed by atoms with Crippen molar-refractivity contribution in [2.75, 3.05) is 0 Å². The highest BCUT2D eigenvalue weighted by molar-refractivity contribution is 7.99. The molecule has 3 aromatic carbocycles. The Morgan fingerprint density at radius 3 is 2.17 bits per heavy atom. The smallest absolute Gasteiger partial charge is 0.337 e. The number of benzene rings is 3. The standard InChI is InChI=1S/C25H20N2O2S/c1-19-24(30-22-15-9-4-10-16-22)25(27(26-19)21-13-7-3-8-14-21)29-23(28)18-17-20-11-5-2-6-12-20/h2-18H,1H3. The second-order valence-corrected chi connectivity index (χ2v) is 7.63. The third-order valence-electron chi connectivity index (χ3n) is 4.34. The number of para-hydroxylation sites is 1. The molecule has 0 atom stereocenters. The molecular weight excluding hydrogens is 392 g/mol. The van der Waals surface area contributed by atoms with Crippen LogP contribution in [-0.4, -0.2) is 15.7 Å². The van der Waals surface area contributed by atoms with Crippen molar-refractivity contribution in [1.29, 1.82) is 0 Å². The second-order valence-electron chi connectivity index (χ2n) is 6.55. The number of esters is 1. The summed E-state index contributed by atoms with van der Waals surface area (Å²) >= 11 is 1.53. The fraction of sp³-hybridized carbons (Fsp3) is 0.0400. The molecule has 0 aliphatic carbocycles. The molecule has 1 heterocycles. The van der Waals surface area contributed by atoms with Crippen LogP contribution in [0.1, 0.15) is 11.3 Å². The first-order valence-electron chi connectivity index (χ1n) is 9.53. The van der Waals surface area contributed by atoms with Crippen LogP contribution in [0.3, 0.4) is 0 Å². The quantitative estimate of drug-likeness (QED) is 0.290. The zero-order valence-electron chi connectivity index (χ0n) is 16.4. The van der Waals surface area contributed by atoms with E-state index >= 15 is 0 Å². The first-order chi connectivity index (χ1) is 14.7. The third kappa shape index (κ3) is 4.70. The van der Waals surface area contributed by atoms with Crippen molar-refractivity contribution in [3.63, 3.8) is 0 Å². The maximum Gasteiger partial charge on any atom is 0.337 e. The van der Waals surface area contributed by atoms with Gasteiger partial charge in [0.1, 0.15) is 0 Å². The summed E-state index contributed by atoms with van der Waals surface area (Å²) in [6, 6.07) is 29.3. The van der Waals surface area contributed by atoms with E-state index in [1.54, 1.807) is 10.8 Å². The molecule has 4 rings (SSSR count). The molecule has 0 saturated heterocycles. The summed E-state index contributed by atoms with van der Waals surface area (Å²) in [4.78, 5) is 14.5. The van der Waals surface area contributed by atoms with Crippen LogP contribution >= 0.6 is 11.8 Å². The summed E-state index contributed by atoms with van der Waals surface area (Å²) in [5, 5.41) is 4.64. The first-order valence-corrected chi connectivity index (χ1v) is 10.4. The molecule has 0 radical (unpaired) electrons. The lowest BCUT2D eigenvalue weighted by atomic mass is 10.2. The number of ether oxygens (including phenoxy) is 1. The van der Waals surface area contributed by atoms with Crippen LogP contribution in [0.5, 0.6) is 5.88 Å². The van der Waals surface area contributed by atoms with Gasteiger partial charge in [-0.2, -0.15) is 9.78 Å². The SMILES string of the molecule is Cc1nn(-c2ccccc2)c(OC(=O)C=Cc2ccccc2)c1Sc1ccccc1. The Hall–Kier alpha value is -3.57. The van der Waals surface area contributed by atoms with Crippen LogP contribution < -0.4 is 4.74 Å². The lowest BCUT2D eigenvalue weighted by molar-refractivity contribution is -0.129. The van der Waals surface area contributed by atoms with E-state index in [-0.39, 0.29) is 0 Å². The second kappa shape index (κ2) is 9.29. The topological polar surface area (TPSA) is 44.1 Å². The van der Waals surface area contributed by atoms with Crippen molar-refractivity contribution < 1.29 is 9.53 Å². The fourth-order valence-corrected chi connectivity index (χ4v) is 3.84. The number of rotatable bonds is 6. The van der Waals surface area contributed by atoms with Gasteiger partial charge in [-0.15, -0.1) is 0 Å². The Morgan fingerprint density at radius 2 is 1.50 bits per heavy atom. The van der Waals surface area contributed by atoms with Crippen LogP contribution in [0.4, 0.5) is 0 Å². The van der Waals surface area contributed by atoms with Gasteiger partial charge >= 0.3 is 5.97 Å². The number of nitrogens with zero attached hydrogens (tertiary/aromatic N) is 2. The van der Waals surface area contributed by atoms with Crippen LogP contribution in [0.25, 0.3) is 11.8 Å². The van der Waals surface area contributed by atoms with E-state index in [9.17, 15) is 4.79 Å². The molecule has 4 nitrogen and oxygen atoms in total. The van der Waals surface area contributed by atoms with Crippen molar-refractivity contribution in [3.8, 4) is 11.6 Å². The van der Waals surface area contributed by atoms with Gasteiger partial charge in [-0.1, -0.05) is 78.5 Å². The van der Waals surface area contributed by atoms with Gasteiger partial charge in [-0.25, -0.2) is 4.79 Å². The van der Waals surface area contributed by atoms with Crippen LogP contribution in [0.2, 0.25) is 0 Å². The number of aromatic nitrogens is 2. The minimum atomic E-state index is -0.453. The highest BCUT2D eigenvalue weighted by Gasteiger charge is 2.21. The maximum atomic E-state index is 12.6. The molecule has 148 valence electrons. The monoisotopic (exact) mass is 412 g/mol. The van der Waals surface area contributed by atoms with Crippen LogP contribution in [0, 0.1) is 6.92 Å². The highest BCUT2D eigenvalue weighted by Crippen LogP contribution is 2.39. The predicted octanol–water partition coefficient (Wildman–Crippen LogP) is 5.95. The van der Waals surface area contributed by atoms with Gasteiger partial charge in [0, 0.05) is 11.0 Å². The van der Waals surface area contributed by atoms with Gasteiger partial charge < -0.3 is 4.74 Å². The molecule has 0 fully saturated rings. The number of aryl methyl sites for hydroxylation is 1. The van der Waals surface area contributed by atoms with E-state index in [1.807, 2.05) is 97.9 Å². The molecule has 0 N–H and O–H groups in total. The van der Waals surface area contributed by atoms with Gasteiger partial charge in [0.25, 0.3) is 0 Å². The lowest BCUT2D eigenvalue weighted by Gasteiger charge is -2.09. The Bertz CT molecular complexity index is 1150. The van der Waals surface area contributed by atoms with E-state index in [4.69, 9.17) is 4.74 Å². The van der Waals surface area contributed by atoms with Crippen molar-refractivity contribution in [2.24, 2.45) is 0 Å². The van der Waals surface area contributed by atoms with Crippen molar-refractivity contribution in [2.45, 2.75) is 16.7 Å². The largest absolute Gasteiger partial charge is 0.403 e. The van der Waals surface area contributed by atoms with E-state index in [1.165, 1.54) is 17.8 Å². The number of carbonyl (C=O) groups is 1. The van der Waals surface area contributed by atoms with Gasteiger partial charge in [0.2, 0.25) is 5.88 Å². The molecule has 0 unspecified atom stereocenters. The molecule has 0 spiro atoms. The Balaban J connectivity index is 1.68. The van der Waals surface area contributed by atoms with Crippen LogP contribution in [-0.2, 0) is 4.79 Å². The van der Waals surface area contributed by atoms with Crippen molar-refractivity contribution in [3.05, 3.63) is 108 Å². The molecule has 30 heavy (non-hydrogen) atoms. The van der Waals surface area contributed by atoms with Gasteiger partial charge in [0.05, 0.1) is 16.3 Å². The summed E-state index contributed by atoms with van der Waals surface area (Å²) in [6.07, 6.45) is 3.17. The minimum absolute atomic E-state index is 0.412. The zero-order chi connectivity index (χ0) is 20.8. The minimum Gasteiger partial charge on any atom is -0.403 e. The summed E-state index contributed by atoms with van der Waals surface area (Å²) in [6.45, 7) is 1.92. The summed E-state index contributed by atoms with van der Waals surface area (Å²) in [5.74, 6) is -0.0406. The zero-order valence-corrected chi connectivity index (χ0v) is 17.3. The molecule has 0 aliphatic rings. The molecule has 5 heteroatoms. The lowest BCUT2D eigenvalue weighted by Crippen LogP contribution is -2.09. The van der Waals surface area contributed by atoms with Gasteiger partial charge in [-0.3, -0.25) is 0 Å². The Morgan fingerprint density at radius 1 is 0.900 bits per heavy atom. The summed E-state index contributed by atoms with van der Waals surface area (Å²) in [7, 11) is 0. The average molecular weight is 413 g/mol. The number of carbonyl (C=O) groups excluding carboxylic acids is 1. The average Bonchev–Trinajstić information content (AvgIpc) is 3.09. The number of hydrogen-bond acceptors (Lipinski definition) is 4. The maximum absolute atomic E-state index is 12.6. The summed E-state index contributed by atoms with van der Waals surface area (Å²) in [5.41, 5.74) is 2.55. The predicted molar refractivity (Wildman–Crippen MR) is 120 cm³/mol. The highest BCUT2D eigenvalue weighted by atomic mass is 32.2. The van der Waals surface area contributed by atoms with E-state index in [2.05, 4.69) is 5.10 Å². The van der Waals surface area contributed by atoms with E-state index in [0.29, 0.717) is 5.88 Å². The van der Waals surface area contributed by atoms with Crippen molar-refractivity contribution >= 4 is 23.8 Å². The molecular formula is C25H20N2O2S. The molecule has 0 amide bonds. The molecule has 1 aromatic heterocycles. The van der Waals surface area contributed by atoms with Crippen molar-refractivity contribution in [1.82, 2.24) is 9.78 Å².